The Kier molecular flexibility index (Phi) is 6.70. The second-order valence-corrected chi connectivity index (χ2v) is 8.74. The molecular weight excluding hydrogens is 424 g/mol. The third-order valence-electron chi connectivity index (χ3n) is 4.88. The number of nitro groups is 1. The molecule has 0 saturated carbocycles. The first-order valence-electron chi connectivity index (χ1n) is 9.47. The Hall–Kier alpha value is -2.55. The Labute approximate surface area is 184 Å². The number of hydrogen-bond donors (Lipinski definition) is 0. The van der Waals surface area contributed by atoms with Gasteiger partial charge in [0.15, 0.2) is 5.13 Å². The number of halogens is 1. The molecule has 0 unspecified atom stereocenters. The zero-order valence-electron chi connectivity index (χ0n) is 17.3. The van der Waals surface area contributed by atoms with Crippen LogP contribution in [0, 0.1) is 24.0 Å². The van der Waals surface area contributed by atoms with E-state index in [1.165, 1.54) is 23.5 Å². The summed E-state index contributed by atoms with van der Waals surface area (Å²) in [6.07, 6.45) is 0.732. The smallest absolute Gasteiger partial charge is 0.273 e. The van der Waals surface area contributed by atoms with E-state index in [2.05, 4.69) is 0 Å². The van der Waals surface area contributed by atoms with Crippen LogP contribution in [0.5, 0.6) is 0 Å². The van der Waals surface area contributed by atoms with Crippen LogP contribution in [0.25, 0.3) is 10.2 Å². The highest BCUT2D eigenvalue weighted by Crippen LogP contribution is 2.36. The first kappa shape index (κ1) is 22.1. The van der Waals surface area contributed by atoms with E-state index in [-0.39, 0.29) is 11.6 Å². The van der Waals surface area contributed by atoms with E-state index in [9.17, 15) is 14.9 Å². The van der Waals surface area contributed by atoms with Crippen molar-refractivity contribution in [1.29, 1.82) is 0 Å². The molecular formula is C21H23ClN4O3S. The van der Waals surface area contributed by atoms with Crippen molar-refractivity contribution < 1.29 is 9.72 Å². The minimum Gasteiger partial charge on any atom is -0.309 e. The molecule has 1 heterocycles. The van der Waals surface area contributed by atoms with Gasteiger partial charge in [0.1, 0.15) is 0 Å². The maximum atomic E-state index is 13.5. The van der Waals surface area contributed by atoms with E-state index in [0.29, 0.717) is 27.8 Å². The van der Waals surface area contributed by atoms with E-state index in [0.717, 1.165) is 28.7 Å². The Morgan fingerprint density at radius 1 is 1.20 bits per heavy atom. The summed E-state index contributed by atoms with van der Waals surface area (Å²) in [5.74, 6) is -0.303. The van der Waals surface area contributed by atoms with E-state index < -0.39 is 4.92 Å². The minimum atomic E-state index is -0.469. The summed E-state index contributed by atoms with van der Waals surface area (Å²) in [5.41, 5.74) is 2.32. The highest BCUT2D eigenvalue weighted by molar-refractivity contribution is 7.23. The average molecular weight is 447 g/mol. The standard InChI is InChI=1S/C21H23ClN4O3S/c1-13-9-10-16(22)19-18(13)23-21(30-19)25(12-6-11-24(3)4)20(27)15-7-5-8-17(14(15)2)26(28)29/h5,7-10H,6,11-12H2,1-4H3. The molecule has 3 rings (SSSR count). The lowest BCUT2D eigenvalue weighted by molar-refractivity contribution is -0.385. The molecule has 0 aliphatic heterocycles. The van der Waals surface area contributed by atoms with Crippen LogP contribution in [-0.2, 0) is 0 Å². The number of amides is 1. The molecule has 0 fully saturated rings. The van der Waals surface area contributed by atoms with Crippen molar-refractivity contribution in [1.82, 2.24) is 9.88 Å². The number of benzene rings is 2. The normalized spacial score (nSPS) is 11.3. The third-order valence-corrected chi connectivity index (χ3v) is 6.42. The van der Waals surface area contributed by atoms with Crippen LogP contribution < -0.4 is 4.90 Å². The molecule has 2 aromatic carbocycles. The van der Waals surface area contributed by atoms with Gasteiger partial charge in [0.2, 0.25) is 0 Å². The van der Waals surface area contributed by atoms with Crippen LogP contribution in [0.3, 0.4) is 0 Å². The number of rotatable bonds is 7. The summed E-state index contributed by atoms with van der Waals surface area (Å²) >= 11 is 7.71. The summed E-state index contributed by atoms with van der Waals surface area (Å²) in [5, 5.41) is 12.5. The minimum absolute atomic E-state index is 0.0720. The molecule has 0 radical (unpaired) electrons. The molecule has 0 saturated heterocycles. The van der Waals surface area contributed by atoms with Crippen LogP contribution in [0.4, 0.5) is 10.8 Å². The van der Waals surface area contributed by atoms with Gasteiger partial charge in [0.25, 0.3) is 11.6 Å². The number of carbonyl (C=O) groups excluding carboxylic acids is 1. The van der Waals surface area contributed by atoms with E-state index >= 15 is 0 Å². The summed E-state index contributed by atoms with van der Waals surface area (Å²) in [7, 11) is 3.94. The topological polar surface area (TPSA) is 79.6 Å². The molecule has 0 aliphatic carbocycles. The number of aromatic nitrogens is 1. The van der Waals surface area contributed by atoms with Gasteiger partial charge in [-0.1, -0.05) is 35.1 Å². The fourth-order valence-corrected chi connectivity index (χ4v) is 4.57. The first-order chi connectivity index (χ1) is 14.2. The predicted octanol–water partition coefficient (Wildman–Crippen LogP) is 5.07. The zero-order valence-corrected chi connectivity index (χ0v) is 18.9. The van der Waals surface area contributed by atoms with Crippen molar-refractivity contribution in [2.45, 2.75) is 20.3 Å². The Morgan fingerprint density at radius 3 is 2.57 bits per heavy atom. The van der Waals surface area contributed by atoms with Gasteiger partial charge < -0.3 is 4.90 Å². The lowest BCUT2D eigenvalue weighted by Gasteiger charge is -2.21. The van der Waals surface area contributed by atoms with Crippen LogP contribution in [-0.4, -0.2) is 47.9 Å². The van der Waals surface area contributed by atoms with E-state index in [1.807, 2.05) is 38.1 Å². The van der Waals surface area contributed by atoms with Crippen molar-refractivity contribution in [3.63, 3.8) is 0 Å². The van der Waals surface area contributed by atoms with Gasteiger partial charge in [-0.05, 0) is 58.6 Å². The number of fused-ring (bicyclic) bond motifs is 1. The van der Waals surface area contributed by atoms with Gasteiger partial charge in [-0.2, -0.15) is 0 Å². The second kappa shape index (κ2) is 9.07. The van der Waals surface area contributed by atoms with Gasteiger partial charge in [-0.15, -0.1) is 0 Å². The Morgan fingerprint density at radius 2 is 1.93 bits per heavy atom. The van der Waals surface area contributed by atoms with Crippen molar-refractivity contribution in [2.24, 2.45) is 0 Å². The molecule has 1 aromatic heterocycles. The predicted molar refractivity (Wildman–Crippen MR) is 122 cm³/mol. The van der Waals surface area contributed by atoms with Crippen LogP contribution >= 0.6 is 22.9 Å². The highest BCUT2D eigenvalue weighted by atomic mass is 35.5. The SMILES string of the molecule is Cc1c(C(=O)N(CCCN(C)C)c2nc3c(C)ccc(Cl)c3s2)cccc1[N+](=O)[O-]. The summed E-state index contributed by atoms with van der Waals surface area (Å²) < 4.78 is 0.827. The second-order valence-electron chi connectivity index (χ2n) is 7.36. The quantitative estimate of drug-likeness (QED) is 0.373. The van der Waals surface area contributed by atoms with E-state index in [4.69, 9.17) is 16.6 Å². The number of hydrogen-bond acceptors (Lipinski definition) is 6. The number of carbonyl (C=O) groups is 1. The molecule has 3 aromatic rings. The van der Waals surface area contributed by atoms with Gasteiger partial charge >= 0.3 is 0 Å². The number of nitro benzene ring substituents is 1. The molecule has 0 atom stereocenters. The van der Waals surface area contributed by atoms with Gasteiger partial charge in [-0.3, -0.25) is 19.8 Å². The molecule has 30 heavy (non-hydrogen) atoms. The van der Waals surface area contributed by atoms with Crippen LogP contribution in [0.15, 0.2) is 30.3 Å². The zero-order chi connectivity index (χ0) is 22.0. The lowest BCUT2D eigenvalue weighted by atomic mass is 10.1. The lowest BCUT2D eigenvalue weighted by Crippen LogP contribution is -2.34. The maximum Gasteiger partial charge on any atom is 0.273 e. The molecule has 0 spiro atoms. The Balaban J connectivity index is 2.06. The van der Waals surface area contributed by atoms with Gasteiger partial charge in [0.05, 0.1) is 20.2 Å². The van der Waals surface area contributed by atoms with Crippen LogP contribution in [0.2, 0.25) is 5.02 Å². The number of thiazole rings is 1. The van der Waals surface area contributed by atoms with Crippen molar-refractivity contribution in [3.8, 4) is 0 Å². The van der Waals surface area contributed by atoms with Crippen molar-refractivity contribution >= 4 is 49.9 Å². The largest absolute Gasteiger partial charge is 0.309 e. The molecule has 0 bridgehead atoms. The highest BCUT2D eigenvalue weighted by Gasteiger charge is 2.26. The molecule has 7 nitrogen and oxygen atoms in total. The molecule has 158 valence electrons. The van der Waals surface area contributed by atoms with Gasteiger partial charge in [0, 0.05) is 23.7 Å². The summed E-state index contributed by atoms with van der Waals surface area (Å²) in [6.45, 7) is 4.78. The molecule has 0 N–H and O–H groups in total. The summed E-state index contributed by atoms with van der Waals surface area (Å²) in [6, 6.07) is 8.29. The van der Waals surface area contributed by atoms with Gasteiger partial charge in [-0.25, -0.2) is 4.98 Å². The maximum absolute atomic E-state index is 13.5. The van der Waals surface area contributed by atoms with E-state index in [1.54, 1.807) is 17.9 Å². The number of aryl methyl sites for hydroxylation is 1. The molecule has 1 amide bonds. The molecule has 9 heteroatoms. The molecule has 0 aliphatic rings. The first-order valence-corrected chi connectivity index (χ1v) is 10.7. The summed E-state index contributed by atoms with van der Waals surface area (Å²) in [4.78, 5) is 32.7. The fourth-order valence-electron chi connectivity index (χ4n) is 3.23. The number of nitrogens with zero attached hydrogens (tertiary/aromatic N) is 4. The Bertz CT molecular complexity index is 1070. The fraction of sp³-hybridized carbons (Fsp3) is 0.333. The van der Waals surface area contributed by atoms with Crippen molar-refractivity contribution in [3.05, 3.63) is 62.2 Å². The third kappa shape index (κ3) is 4.45. The number of anilines is 1. The van der Waals surface area contributed by atoms with Crippen LogP contribution in [0.1, 0.15) is 27.9 Å². The monoisotopic (exact) mass is 446 g/mol. The average Bonchev–Trinajstić information content (AvgIpc) is 3.14. The van der Waals surface area contributed by atoms with Crippen molar-refractivity contribution in [2.75, 3.05) is 32.1 Å².